The lowest BCUT2D eigenvalue weighted by molar-refractivity contribution is 0.343. The molecule has 0 aliphatic carbocycles. The predicted molar refractivity (Wildman–Crippen MR) is 110 cm³/mol. The van der Waals surface area contributed by atoms with E-state index in [1.165, 1.54) is 17.4 Å². The van der Waals surface area contributed by atoms with Gasteiger partial charge in [0.25, 0.3) is 0 Å². The lowest BCUT2D eigenvalue weighted by atomic mass is 10.1. The summed E-state index contributed by atoms with van der Waals surface area (Å²) in [5.74, 6) is 0.112. The van der Waals surface area contributed by atoms with Crippen LogP contribution in [-0.2, 0) is 0 Å². The molecule has 8 heteroatoms. The average Bonchev–Trinajstić information content (AvgIpc) is 3.37. The Kier molecular flexibility index (Phi) is 4.29. The minimum Gasteiger partial charge on any atom is -0.383 e. The van der Waals surface area contributed by atoms with Gasteiger partial charge in [-0.05, 0) is 44.1 Å². The Morgan fingerprint density at radius 3 is 2.86 bits per heavy atom. The molecule has 0 unspecified atom stereocenters. The van der Waals surface area contributed by atoms with Crippen molar-refractivity contribution < 1.29 is 4.39 Å². The highest BCUT2D eigenvalue weighted by atomic mass is 32.1. The van der Waals surface area contributed by atoms with E-state index in [1.807, 2.05) is 16.9 Å². The van der Waals surface area contributed by atoms with Gasteiger partial charge in [-0.15, -0.1) is 11.3 Å². The highest BCUT2D eigenvalue weighted by Crippen LogP contribution is 2.36. The van der Waals surface area contributed by atoms with Crippen molar-refractivity contribution in [3.05, 3.63) is 48.7 Å². The largest absolute Gasteiger partial charge is 0.383 e. The number of nitrogens with two attached hydrogens (primary N) is 1. The van der Waals surface area contributed by atoms with Gasteiger partial charge in [0.1, 0.15) is 16.6 Å². The van der Waals surface area contributed by atoms with Gasteiger partial charge in [0, 0.05) is 23.5 Å². The minimum atomic E-state index is -0.271. The van der Waals surface area contributed by atoms with Crippen molar-refractivity contribution >= 4 is 27.4 Å². The monoisotopic (exact) mass is 394 g/mol. The first-order valence-electron chi connectivity index (χ1n) is 9.25. The zero-order valence-electron chi connectivity index (χ0n) is 15.1. The molecule has 1 saturated heterocycles. The zero-order valence-corrected chi connectivity index (χ0v) is 15.9. The van der Waals surface area contributed by atoms with Crippen LogP contribution in [0.25, 0.3) is 31.9 Å². The van der Waals surface area contributed by atoms with E-state index in [-0.39, 0.29) is 5.82 Å². The third kappa shape index (κ3) is 3.04. The van der Waals surface area contributed by atoms with Crippen molar-refractivity contribution in [2.45, 2.75) is 18.9 Å². The number of nitrogen functional groups attached to an aromatic ring is 1. The first-order chi connectivity index (χ1) is 13.7. The molecule has 0 bridgehead atoms. The second-order valence-corrected chi connectivity index (χ2v) is 7.95. The van der Waals surface area contributed by atoms with E-state index in [4.69, 9.17) is 5.73 Å². The number of hydrogen-bond acceptors (Lipinski definition) is 6. The van der Waals surface area contributed by atoms with Crippen LogP contribution in [0.5, 0.6) is 0 Å². The van der Waals surface area contributed by atoms with Crippen LogP contribution in [0, 0.1) is 5.82 Å². The fraction of sp³-hybridized carbons (Fsp3) is 0.250. The summed E-state index contributed by atoms with van der Waals surface area (Å²) in [5.41, 5.74) is 9.37. The van der Waals surface area contributed by atoms with Crippen LogP contribution in [0.1, 0.15) is 18.9 Å². The lowest BCUT2D eigenvalue weighted by Gasteiger charge is -2.22. The van der Waals surface area contributed by atoms with Crippen molar-refractivity contribution in [1.82, 2.24) is 25.1 Å². The molecular formula is C20H19FN6S. The third-order valence-corrected chi connectivity index (χ3v) is 6.25. The molecule has 0 saturated carbocycles. The second kappa shape index (κ2) is 6.96. The first-order valence-corrected chi connectivity index (χ1v) is 10.1. The van der Waals surface area contributed by atoms with E-state index in [0.717, 1.165) is 37.1 Å². The molecule has 1 aromatic carbocycles. The number of rotatable bonds is 3. The standard InChI is InChI=1S/C20H19FN6S/c21-16-2-1-3-17-18(16)28-20(26-17)15-8-12(9-24-19(15)22)13-10-25-27(11-13)14-4-6-23-7-5-14/h1-3,8-11,14,23H,4-7H2,(H2,22,24). The number of nitrogens with one attached hydrogen (secondary N) is 1. The van der Waals surface area contributed by atoms with Crippen molar-refractivity contribution in [2.75, 3.05) is 18.8 Å². The van der Waals surface area contributed by atoms with Crippen molar-refractivity contribution in [1.29, 1.82) is 0 Å². The van der Waals surface area contributed by atoms with E-state index in [9.17, 15) is 4.39 Å². The summed E-state index contributed by atoms with van der Waals surface area (Å²) >= 11 is 1.29. The third-order valence-electron chi connectivity index (χ3n) is 5.13. The summed E-state index contributed by atoms with van der Waals surface area (Å²) in [6.07, 6.45) is 7.81. The van der Waals surface area contributed by atoms with Crippen LogP contribution in [0.4, 0.5) is 10.2 Å². The van der Waals surface area contributed by atoms with Gasteiger partial charge in [-0.3, -0.25) is 4.68 Å². The predicted octanol–water partition coefficient (Wildman–Crippen LogP) is 3.87. The number of aromatic nitrogens is 4. The van der Waals surface area contributed by atoms with Gasteiger partial charge < -0.3 is 11.1 Å². The Hall–Kier alpha value is -2.84. The molecule has 0 atom stereocenters. The van der Waals surface area contributed by atoms with E-state index in [2.05, 4.69) is 26.6 Å². The maximum Gasteiger partial charge on any atom is 0.142 e. The Balaban J connectivity index is 1.52. The molecule has 142 valence electrons. The van der Waals surface area contributed by atoms with Crippen molar-refractivity contribution in [3.63, 3.8) is 0 Å². The summed E-state index contributed by atoms with van der Waals surface area (Å²) in [6.45, 7) is 2.03. The second-order valence-electron chi connectivity index (χ2n) is 6.95. The molecule has 6 nitrogen and oxygen atoms in total. The number of anilines is 1. The summed E-state index contributed by atoms with van der Waals surface area (Å²) in [7, 11) is 0. The molecule has 3 aromatic heterocycles. The maximum atomic E-state index is 14.0. The van der Waals surface area contributed by atoms with Gasteiger partial charge in [0.05, 0.1) is 28.0 Å². The van der Waals surface area contributed by atoms with E-state index < -0.39 is 0 Å². The van der Waals surface area contributed by atoms with Gasteiger partial charge in [-0.25, -0.2) is 14.4 Å². The number of pyridine rings is 1. The molecule has 1 fully saturated rings. The number of halogens is 1. The first kappa shape index (κ1) is 17.3. The Morgan fingerprint density at radius 1 is 1.18 bits per heavy atom. The van der Waals surface area contributed by atoms with Crippen LogP contribution in [0.15, 0.2) is 42.9 Å². The molecule has 4 aromatic rings. The molecule has 1 aliphatic rings. The smallest absolute Gasteiger partial charge is 0.142 e. The van der Waals surface area contributed by atoms with Gasteiger partial charge in [-0.1, -0.05) is 6.07 Å². The summed E-state index contributed by atoms with van der Waals surface area (Å²) < 4.78 is 16.6. The van der Waals surface area contributed by atoms with Gasteiger partial charge in [-0.2, -0.15) is 5.10 Å². The number of hydrogen-bond donors (Lipinski definition) is 2. The SMILES string of the molecule is Nc1ncc(-c2cnn(C3CCNCC3)c2)cc1-c1nc2cccc(F)c2s1. The molecule has 5 rings (SSSR count). The number of piperidine rings is 1. The molecule has 3 N–H and O–H groups in total. The number of benzene rings is 1. The highest BCUT2D eigenvalue weighted by molar-refractivity contribution is 7.21. The molecule has 0 spiro atoms. The van der Waals surface area contributed by atoms with E-state index in [1.54, 1.807) is 18.3 Å². The molecular weight excluding hydrogens is 375 g/mol. The minimum absolute atomic E-state index is 0.271. The molecule has 28 heavy (non-hydrogen) atoms. The number of nitrogens with zero attached hydrogens (tertiary/aromatic N) is 4. The average molecular weight is 394 g/mol. The summed E-state index contributed by atoms with van der Waals surface area (Å²) in [4.78, 5) is 8.90. The molecule has 0 radical (unpaired) electrons. The topological polar surface area (TPSA) is 81.6 Å². The highest BCUT2D eigenvalue weighted by Gasteiger charge is 2.18. The van der Waals surface area contributed by atoms with E-state index in [0.29, 0.717) is 32.6 Å². The summed E-state index contributed by atoms with van der Waals surface area (Å²) in [5, 5.41) is 8.59. The fourth-order valence-electron chi connectivity index (χ4n) is 3.59. The van der Waals surface area contributed by atoms with Gasteiger partial charge >= 0.3 is 0 Å². The lowest BCUT2D eigenvalue weighted by Crippen LogP contribution is -2.29. The molecule has 0 amide bonds. The van der Waals surface area contributed by atoms with Gasteiger partial charge in [0.15, 0.2) is 0 Å². The van der Waals surface area contributed by atoms with Crippen LogP contribution >= 0.6 is 11.3 Å². The van der Waals surface area contributed by atoms with Gasteiger partial charge in [0.2, 0.25) is 0 Å². The Labute approximate surface area is 165 Å². The van der Waals surface area contributed by atoms with Crippen molar-refractivity contribution in [3.8, 4) is 21.7 Å². The maximum absolute atomic E-state index is 14.0. The number of thiazole rings is 1. The fourth-order valence-corrected chi connectivity index (χ4v) is 4.59. The Morgan fingerprint density at radius 2 is 2.04 bits per heavy atom. The summed E-state index contributed by atoms with van der Waals surface area (Å²) in [6, 6.07) is 7.28. The molecule has 1 aliphatic heterocycles. The normalized spacial score (nSPS) is 15.3. The van der Waals surface area contributed by atoms with Crippen molar-refractivity contribution in [2.24, 2.45) is 0 Å². The van der Waals surface area contributed by atoms with Crippen LogP contribution < -0.4 is 11.1 Å². The van der Waals surface area contributed by atoms with E-state index >= 15 is 0 Å². The quantitative estimate of drug-likeness (QED) is 0.551. The zero-order chi connectivity index (χ0) is 19.1. The molecule has 4 heterocycles. The number of fused-ring (bicyclic) bond motifs is 1. The van der Waals surface area contributed by atoms with Crippen LogP contribution in [0.2, 0.25) is 0 Å². The van der Waals surface area contributed by atoms with Crippen LogP contribution in [-0.4, -0.2) is 32.8 Å². The Bertz CT molecular complexity index is 1140. The van der Waals surface area contributed by atoms with Crippen LogP contribution in [0.3, 0.4) is 0 Å².